The summed E-state index contributed by atoms with van der Waals surface area (Å²) in [5.74, 6) is -1.13. The van der Waals surface area contributed by atoms with Crippen LogP contribution in [0.25, 0.3) is 0 Å². The molecule has 118 valence electrons. The van der Waals surface area contributed by atoms with Crippen molar-refractivity contribution in [3.8, 4) is 0 Å². The van der Waals surface area contributed by atoms with Gasteiger partial charge >= 0.3 is 5.97 Å². The first-order valence-electron chi connectivity index (χ1n) is 8.27. The third kappa shape index (κ3) is 3.47. The standard InChI is InChI=1S/C17H27NO3/c1-3-5-6-11(4-2)10-18-16(19)14-12-7-8-13(9-12)15(14)17(20)21/h7-8,11-15H,3-6,9-10H2,1-2H3,(H,18,19)(H,20,21)/t11-,12+,13+,14-,15+/m1/s1. The van der Waals surface area contributed by atoms with Gasteiger partial charge in [-0.2, -0.15) is 0 Å². The molecule has 1 fully saturated rings. The van der Waals surface area contributed by atoms with Crippen LogP contribution in [0.15, 0.2) is 12.2 Å². The van der Waals surface area contributed by atoms with Gasteiger partial charge in [-0.15, -0.1) is 0 Å². The Labute approximate surface area is 127 Å². The lowest BCUT2D eigenvalue weighted by molar-refractivity contribution is -0.147. The number of carboxylic acids is 1. The number of carbonyl (C=O) groups excluding carboxylic acids is 1. The van der Waals surface area contributed by atoms with E-state index in [-0.39, 0.29) is 23.7 Å². The van der Waals surface area contributed by atoms with E-state index < -0.39 is 11.9 Å². The summed E-state index contributed by atoms with van der Waals surface area (Å²) >= 11 is 0. The number of rotatable bonds is 8. The average molecular weight is 293 g/mol. The maximum atomic E-state index is 12.4. The number of unbranched alkanes of at least 4 members (excludes halogenated alkanes) is 1. The lowest BCUT2D eigenvalue weighted by atomic mass is 9.82. The normalized spacial score (nSPS) is 31.3. The molecule has 0 radical (unpaired) electrons. The molecule has 1 amide bonds. The van der Waals surface area contributed by atoms with Crippen LogP contribution in [0.5, 0.6) is 0 Å². The number of amides is 1. The molecule has 0 aromatic rings. The van der Waals surface area contributed by atoms with Crippen LogP contribution in [0, 0.1) is 29.6 Å². The zero-order valence-corrected chi connectivity index (χ0v) is 13.0. The van der Waals surface area contributed by atoms with E-state index in [0.29, 0.717) is 12.5 Å². The molecule has 4 heteroatoms. The molecule has 0 saturated heterocycles. The predicted octanol–water partition coefficient (Wildman–Crippen LogP) is 2.84. The first-order chi connectivity index (χ1) is 10.1. The summed E-state index contributed by atoms with van der Waals surface area (Å²) in [6, 6.07) is 0. The fourth-order valence-corrected chi connectivity index (χ4v) is 3.82. The van der Waals surface area contributed by atoms with Crippen LogP contribution in [0.2, 0.25) is 0 Å². The summed E-state index contributed by atoms with van der Waals surface area (Å²) < 4.78 is 0. The third-order valence-electron chi connectivity index (χ3n) is 5.16. The minimum atomic E-state index is -0.829. The smallest absolute Gasteiger partial charge is 0.307 e. The Hall–Kier alpha value is -1.32. The van der Waals surface area contributed by atoms with Crippen LogP contribution in [0.1, 0.15) is 46.0 Å². The third-order valence-corrected chi connectivity index (χ3v) is 5.16. The molecule has 0 unspecified atom stereocenters. The highest BCUT2D eigenvalue weighted by atomic mass is 16.4. The van der Waals surface area contributed by atoms with E-state index in [1.54, 1.807) is 0 Å². The monoisotopic (exact) mass is 293 g/mol. The van der Waals surface area contributed by atoms with Crippen molar-refractivity contribution in [2.75, 3.05) is 6.54 Å². The van der Waals surface area contributed by atoms with Crippen molar-refractivity contribution in [3.05, 3.63) is 12.2 Å². The Bertz CT molecular complexity index is 418. The van der Waals surface area contributed by atoms with Gasteiger partial charge in [0.05, 0.1) is 11.8 Å². The van der Waals surface area contributed by atoms with E-state index in [2.05, 4.69) is 19.2 Å². The number of aliphatic carboxylic acids is 1. The molecule has 2 N–H and O–H groups in total. The van der Waals surface area contributed by atoms with Crippen LogP contribution >= 0.6 is 0 Å². The van der Waals surface area contributed by atoms with Crippen LogP contribution in [0.3, 0.4) is 0 Å². The highest BCUT2D eigenvalue weighted by molar-refractivity contribution is 5.86. The molecular weight excluding hydrogens is 266 g/mol. The van der Waals surface area contributed by atoms with Crippen molar-refractivity contribution in [1.82, 2.24) is 5.32 Å². The van der Waals surface area contributed by atoms with Crippen molar-refractivity contribution in [1.29, 1.82) is 0 Å². The second kappa shape index (κ2) is 7.10. The van der Waals surface area contributed by atoms with Crippen molar-refractivity contribution in [2.45, 2.75) is 46.0 Å². The Morgan fingerprint density at radius 1 is 1.24 bits per heavy atom. The quantitative estimate of drug-likeness (QED) is 0.676. The Balaban J connectivity index is 1.90. The van der Waals surface area contributed by atoms with Crippen molar-refractivity contribution >= 4 is 11.9 Å². The van der Waals surface area contributed by atoms with Crippen molar-refractivity contribution in [2.24, 2.45) is 29.6 Å². The van der Waals surface area contributed by atoms with E-state index >= 15 is 0 Å². The Morgan fingerprint density at radius 3 is 2.48 bits per heavy atom. The number of carboxylic acid groups (broad SMARTS) is 1. The predicted molar refractivity (Wildman–Crippen MR) is 81.7 cm³/mol. The van der Waals surface area contributed by atoms with Gasteiger partial charge in [0.1, 0.15) is 0 Å². The second-order valence-electron chi connectivity index (χ2n) is 6.50. The summed E-state index contributed by atoms with van der Waals surface area (Å²) in [7, 11) is 0. The lowest BCUT2D eigenvalue weighted by Crippen LogP contribution is -2.41. The average Bonchev–Trinajstić information content (AvgIpc) is 3.07. The maximum Gasteiger partial charge on any atom is 0.307 e. The zero-order valence-electron chi connectivity index (χ0n) is 13.0. The Morgan fingerprint density at radius 2 is 1.90 bits per heavy atom. The lowest BCUT2D eigenvalue weighted by Gasteiger charge is -2.25. The van der Waals surface area contributed by atoms with Gasteiger partial charge in [-0.3, -0.25) is 9.59 Å². The fourth-order valence-electron chi connectivity index (χ4n) is 3.82. The van der Waals surface area contributed by atoms with Crippen LogP contribution < -0.4 is 5.32 Å². The highest BCUT2D eigenvalue weighted by Gasteiger charge is 2.51. The molecule has 0 aromatic carbocycles. The largest absolute Gasteiger partial charge is 0.481 e. The molecule has 2 aliphatic carbocycles. The molecule has 0 heterocycles. The first kappa shape index (κ1) is 16.1. The topological polar surface area (TPSA) is 66.4 Å². The van der Waals surface area contributed by atoms with Crippen molar-refractivity contribution < 1.29 is 14.7 Å². The summed E-state index contributed by atoms with van der Waals surface area (Å²) in [6.45, 7) is 5.00. The zero-order chi connectivity index (χ0) is 15.4. The van der Waals surface area contributed by atoms with Crippen LogP contribution in [0.4, 0.5) is 0 Å². The summed E-state index contributed by atoms with van der Waals surface area (Å²) in [5, 5.41) is 12.4. The first-order valence-corrected chi connectivity index (χ1v) is 8.27. The highest BCUT2D eigenvalue weighted by Crippen LogP contribution is 2.48. The summed E-state index contributed by atoms with van der Waals surface area (Å²) in [6.07, 6.45) is 9.37. The van der Waals surface area contributed by atoms with Gasteiger partial charge in [0, 0.05) is 6.54 Å². The Kier molecular flexibility index (Phi) is 5.43. The SMILES string of the molecule is CCCC[C@@H](CC)CNC(=O)[C@H]1[C@@H](C(=O)O)[C@H]2C=C[C@H]1C2. The number of carbonyl (C=O) groups is 2. The van der Waals surface area contributed by atoms with Crippen molar-refractivity contribution in [3.63, 3.8) is 0 Å². The van der Waals surface area contributed by atoms with E-state index in [1.807, 2.05) is 12.2 Å². The van der Waals surface area contributed by atoms with Gasteiger partial charge in [-0.05, 0) is 30.6 Å². The van der Waals surface area contributed by atoms with Crippen LogP contribution in [-0.2, 0) is 9.59 Å². The molecule has 4 nitrogen and oxygen atoms in total. The number of nitrogens with one attached hydrogen (secondary N) is 1. The molecule has 2 bridgehead atoms. The number of fused-ring (bicyclic) bond motifs is 2. The number of hydrogen-bond donors (Lipinski definition) is 2. The molecule has 0 aromatic heterocycles. The van der Waals surface area contributed by atoms with Gasteiger partial charge in [0.15, 0.2) is 0 Å². The van der Waals surface area contributed by atoms with Crippen LogP contribution in [-0.4, -0.2) is 23.5 Å². The molecule has 5 atom stereocenters. The summed E-state index contributed by atoms with van der Waals surface area (Å²) in [5.41, 5.74) is 0. The molecular formula is C17H27NO3. The molecule has 2 rings (SSSR count). The minimum Gasteiger partial charge on any atom is -0.481 e. The maximum absolute atomic E-state index is 12.4. The van der Waals surface area contributed by atoms with E-state index in [4.69, 9.17) is 0 Å². The van der Waals surface area contributed by atoms with Gasteiger partial charge in [0.2, 0.25) is 5.91 Å². The summed E-state index contributed by atoms with van der Waals surface area (Å²) in [4.78, 5) is 23.9. The molecule has 1 saturated carbocycles. The van der Waals surface area contributed by atoms with E-state index in [9.17, 15) is 14.7 Å². The van der Waals surface area contributed by atoms with Gasteiger partial charge in [-0.1, -0.05) is 45.3 Å². The van der Waals surface area contributed by atoms with E-state index in [1.165, 1.54) is 12.8 Å². The van der Waals surface area contributed by atoms with E-state index in [0.717, 1.165) is 19.3 Å². The number of hydrogen-bond acceptors (Lipinski definition) is 2. The van der Waals surface area contributed by atoms with Gasteiger partial charge in [0.25, 0.3) is 0 Å². The number of allylic oxidation sites excluding steroid dienone is 2. The van der Waals surface area contributed by atoms with Gasteiger partial charge in [-0.25, -0.2) is 0 Å². The molecule has 2 aliphatic rings. The minimum absolute atomic E-state index is 0.0466. The molecule has 0 spiro atoms. The second-order valence-corrected chi connectivity index (χ2v) is 6.50. The molecule has 0 aliphatic heterocycles. The van der Waals surface area contributed by atoms with Gasteiger partial charge < -0.3 is 10.4 Å². The molecule has 21 heavy (non-hydrogen) atoms. The fraction of sp³-hybridized carbons (Fsp3) is 0.765.